The second-order valence-electron chi connectivity index (χ2n) is 4.34. The van der Waals surface area contributed by atoms with Crippen LogP contribution in [0, 0.1) is 5.82 Å². The van der Waals surface area contributed by atoms with Gasteiger partial charge in [0, 0.05) is 0 Å². The summed E-state index contributed by atoms with van der Waals surface area (Å²) < 4.78 is 12.9. The lowest BCUT2D eigenvalue weighted by Gasteiger charge is -2.25. The molecule has 0 aliphatic carbocycles. The van der Waals surface area contributed by atoms with E-state index in [-0.39, 0.29) is 17.4 Å². The number of nitrogens with one attached hydrogen (secondary N) is 2. The third kappa shape index (κ3) is 1.88. The molecule has 4 nitrogen and oxygen atoms in total. The third-order valence-electron chi connectivity index (χ3n) is 3.19. The van der Waals surface area contributed by atoms with Crippen molar-refractivity contribution < 1.29 is 4.39 Å². The number of halogens is 1. The summed E-state index contributed by atoms with van der Waals surface area (Å²) in [6, 6.07) is 6.37. The zero-order valence-electron chi connectivity index (χ0n) is 9.61. The van der Waals surface area contributed by atoms with Crippen LogP contribution in [0.4, 0.5) is 10.1 Å². The van der Waals surface area contributed by atoms with Crippen LogP contribution in [0.1, 0.15) is 23.7 Å². The molecule has 0 saturated heterocycles. The van der Waals surface area contributed by atoms with Crippen LogP contribution in [0.15, 0.2) is 35.4 Å². The first-order valence-electron chi connectivity index (χ1n) is 5.82. The van der Waals surface area contributed by atoms with Gasteiger partial charge in [0.1, 0.15) is 11.5 Å². The molecule has 18 heavy (non-hydrogen) atoms. The molecule has 2 aromatic rings. The lowest BCUT2D eigenvalue weighted by Crippen LogP contribution is -2.26. The molecule has 1 aliphatic rings. The fourth-order valence-electron chi connectivity index (χ4n) is 2.25. The molecule has 92 valence electrons. The van der Waals surface area contributed by atoms with Crippen molar-refractivity contribution in [2.45, 2.75) is 18.9 Å². The topological polar surface area (TPSA) is 57.8 Å². The fourth-order valence-corrected chi connectivity index (χ4v) is 2.25. The Bertz CT molecular complexity index is 621. The number of fused-ring (bicyclic) bond motifs is 1. The van der Waals surface area contributed by atoms with Crippen LogP contribution in [-0.2, 0) is 6.42 Å². The van der Waals surface area contributed by atoms with Gasteiger partial charge >= 0.3 is 0 Å². The number of H-pyrrole nitrogens is 1. The monoisotopic (exact) mass is 245 g/mol. The molecule has 1 atom stereocenters. The molecule has 0 saturated carbocycles. The summed E-state index contributed by atoms with van der Waals surface area (Å²) in [4.78, 5) is 18.4. The summed E-state index contributed by atoms with van der Waals surface area (Å²) in [6.07, 6.45) is 3.00. The lowest BCUT2D eigenvalue weighted by molar-refractivity contribution is 0.620. The summed E-state index contributed by atoms with van der Waals surface area (Å²) in [5.74, 6) is -0.255. The number of rotatable bonds is 1. The summed E-state index contributed by atoms with van der Waals surface area (Å²) in [5, 5.41) is 3.17. The van der Waals surface area contributed by atoms with Crippen molar-refractivity contribution in [1.29, 1.82) is 0 Å². The molecule has 0 bridgehead atoms. The number of hydrogen-bond acceptors (Lipinski definition) is 3. The van der Waals surface area contributed by atoms with Crippen molar-refractivity contribution in [3.8, 4) is 0 Å². The maximum absolute atomic E-state index is 12.9. The first kappa shape index (κ1) is 11.0. The van der Waals surface area contributed by atoms with Gasteiger partial charge in [0.05, 0.1) is 18.1 Å². The van der Waals surface area contributed by atoms with E-state index < -0.39 is 0 Å². The zero-order valence-corrected chi connectivity index (χ0v) is 9.61. The van der Waals surface area contributed by atoms with Gasteiger partial charge in [-0.2, -0.15) is 0 Å². The zero-order chi connectivity index (χ0) is 12.5. The van der Waals surface area contributed by atoms with Crippen molar-refractivity contribution >= 4 is 5.69 Å². The standard InChI is InChI=1S/C13H12FN3O/c14-9-3-1-8(2-4-9)10-5-6-11-12(17-10)13(18)16-7-15-11/h1-4,7,10,17H,5-6H2,(H,15,16,18)/t10-/m0/s1. The largest absolute Gasteiger partial charge is 0.372 e. The molecule has 1 aliphatic heterocycles. The van der Waals surface area contributed by atoms with Crippen LogP contribution in [-0.4, -0.2) is 9.97 Å². The maximum Gasteiger partial charge on any atom is 0.274 e. The smallest absolute Gasteiger partial charge is 0.274 e. The third-order valence-corrected chi connectivity index (χ3v) is 3.19. The van der Waals surface area contributed by atoms with E-state index in [1.165, 1.54) is 18.5 Å². The fraction of sp³-hybridized carbons (Fsp3) is 0.231. The summed E-state index contributed by atoms with van der Waals surface area (Å²) in [5.41, 5.74) is 2.13. The number of nitrogens with zero attached hydrogens (tertiary/aromatic N) is 1. The van der Waals surface area contributed by atoms with Crippen LogP contribution in [0.3, 0.4) is 0 Å². The van der Waals surface area contributed by atoms with Gasteiger partial charge < -0.3 is 10.3 Å². The number of aryl methyl sites for hydroxylation is 1. The van der Waals surface area contributed by atoms with E-state index >= 15 is 0 Å². The Morgan fingerprint density at radius 2 is 2.06 bits per heavy atom. The number of aromatic amines is 1. The van der Waals surface area contributed by atoms with Crippen molar-refractivity contribution in [1.82, 2.24) is 9.97 Å². The van der Waals surface area contributed by atoms with E-state index in [0.717, 1.165) is 24.1 Å². The quantitative estimate of drug-likeness (QED) is 0.808. The van der Waals surface area contributed by atoms with Crippen LogP contribution in [0.5, 0.6) is 0 Å². The highest BCUT2D eigenvalue weighted by Crippen LogP contribution is 2.28. The maximum atomic E-state index is 12.9. The Labute approximate surface area is 103 Å². The van der Waals surface area contributed by atoms with E-state index in [0.29, 0.717) is 5.69 Å². The van der Waals surface area contributed by atoms with Crippen molar-refractivity contribution in [3.05, 3.63) is 58.0 Å². The molecule has 0 fully saturated rings. The van der Waals surface area contributed by atoms with Crippen LogP contribution >= 0.6 is 0 Å². The highest BCUT2D eigenvalue weighted by Gasteiger charge is 2.22. The van der Waals surface area contributed by atoms with Gasteiger partial charge in [0.15, 0.2) is 0 Å². The Morgan fingerprint density at radius 3 is 2.83 bits per heavy atom. The molecule has 0 unspecified atom stereocenters. The number of benzene rings is 1. The molecular formula is C13H12FN3O. The van der Waals surface area contributed by atoms with Crippen LogP contribution < -0.4 is 10.9 Å². The summed E-state index contributed by atoms with van der Waals surface area (Å²) in [6.45, 7) is 0. The van der Waals surface area contributed by atoms with E-state index in [1.807, 2.05) is 0 Å². The number of hydrogen-bond donors (Lipinski definition) is 2. The minimum atomic E-state index is -0.255. The highest BCUT2D eigenvalue weighted by molar-refractivity contribution is 5.50. The van der Waals surface area contributed by atoms with Crippen LogP contribution in [0.25, 0.3) is 0 Å². The Hall–Kier alpha value is -2.17. The summed E-state index contributed by atoms with van der Waals surface area (Å²) >= 11 is 0. The molecule has 0 radical (unpaired) electrons. The highest BCUT2D eigenvalue weighted by atomic mass is 19.1. The molecule has 2 heterocycles. The molecule has 3 rings (SSSR count). The average molecular weight is 245 g/mol. The van der Waals surface area contributed by atoms with Gasteiger partial charge in [0.25, 0.3) is 5.56 Å². The van der Waals surface area contributed by atoms with Crippen LogP contribution in [0.2, 0.25) is 0 Å². The van der Waals surface area contributed by atoms with Crippen molar-refractivity contribution in [3.63, 3.8) is 0 Å². The molecule has 1 aromatic carbocycles. The molecule has 5 heteroatoms. The van der Waals surface area contributed by atoms with E-state index in [4.69, 9.17) is 0 Å². The van der Waals surface area contributed by atoms with E-state index in [2.05, 4.69) is 15.3 Å². The van der Waals surface area contributed by atoms with Gasteiger partial charge in [-0.3, -0.25) is 4.79 Å². The van der Waals surface area contributed by atoms with E-state index in [9.17, 15) is 9.18 Å². The van der Waals surface area contributed by atoms with Gasteiger partial charge in [-0.25, -0.2) is 9.37 Å². The van der Waals surface area contributed by atoms with Crippen molar-refractivity contribution in [2.24, 2.45) is 0 Å². The minimum Gasteiger partial charge on any atom is -0.372 e. The second-order valence-corrected chi connectivity index (χ2v) is 4.34. The van der Waals surface area contributed by atoms with Gasteiger partial charge in [-0.15, -0.1) is 0 Å². The molecule has 0 amide bonds. The Morgan fingerprint density at radius 1 is 1.28 bits per heavy atom. The second kappa shape index (κ2) is 4.25. The first-order chi connectivity index (χ1) is 8.74. The lowest BCUT2D eigenvalue weighted by atomic mass is 9.96. The predicted octanol–water partition coefficient (Wildman–Crippen LogP) is 2.01. The predicted molar refractivity (Wildman–Crippen MR) is 65.9 cm³/mol. The molecular weight excluding hydrogens is 233 g/mol. The molecule has 0 spiro atoms. The Kier molecular flexibility index (Phi) is 2.59. The minimum absolute atomic E-state index is 0.0309. The number of aromatic nitrogens is 2. The SMILES string of the molecule is O=c1[nH]cnc2c1N[C@H](c1ccc(F)cc1)CC2. The normalized spacial score (nSPS) is 17.9. The molecule has 1 aromatic heterocycles. The molecule has 2 N–H and O–H groups in total. The van der Waals surface area contributed by atoms with Gasteiger partial charge in [-0.1, -0.05) is 12.1 Å². The Balaban J connectivity index is 1.93. The van der Waals surface area contributed by atoms with E-state index in [1.54, 1.807) is 12.1 Å². The first-order valence-corrected chi connectivity index (χ1v) is 5.82. The van der Waals surface area contributed by atoms with Gasteiger partial charge in [0.2, 0.25) is 0 Å². The number of anilines is 1. The van der Waals surface area contributed by atoms with Gasteiger partial charge in [-0.05, 0) is 30.5 Å². The average Bonchev–Trinajstić information content (AvgIpc) is 2.40. The summed E-state index contributed by atoms with van der Waals surface area (Å²) in [7, 11) is 0. The van der Waals surface area contributed by atoms with Crippen molar-refractivity contribution in [2.75, 3.05) is 5.32 Å².